The second-order valence-electron chi connectivity index (χ2n) is 7.17. The molecule has 4 nitrogen and oxygen atoms in total. The number of piperidine rings is 2. The van der Waals surface area contributed by atoms with Crippen LogP contribution >= 0.6 is 0 Å². The van der Waals surface area contributed by atoms with Crippen molar-refractivity contribution < 1.29 is 10.2 Å². The Hall–Kier alpha value is -0.160. The smallest absolute Gasteiger partial charge is 0.0793 e. The zero-order valence-electron chi connectivity index (χ0n) is 13.9. The molecule has 2 aliphatic heterocycles. The molecule has 2 heterocycles. The predicted molar refractivity (Wildman–Crippen MR) is 86.4 cm³/mol. The molecule has 3 atom stereocenters. The summed E-state index contributed by atoms with van der Waals surface area (Å²) < 4.78 is 0. The minimum atomic E-state index is -0.289. The second kappa shape index (κ2) is 8.47. The Labute approximate surface area is 130 Å². The van der Waals surface area contributed by atoms with Crippen LogP contribution in [0.25, 0.3) is 0 Å². The fourth-order valence-electron chi connectivity index (χ4n) is 3.82. The summed E-state index contributed by atoms with van der Waals surface area (Å²) in [6.07, 6.45) is 6.27. The van der Waals surface area contributed by atoms with E-state index in [-0.39, 0.29) is 18.2 Å². The van der Waals surface area contributed by atoms with E-state index >= 15 is 0 Å². The van der Waals surface area contributed by atoms with Gasteiger partial charge in [0.25, 0.3) is 0 Å². The highest BCUT2D eigenvalue weighted by Gasteiger charge is 2.29. The Morgan fingerprint density at radius 1 is 1.00 bits per heavy atom. The molecule has 0 spiro atoms. The lowest BCUT2D eigenvalue weighted by molar-refractivity contribution is -0.00988. The van der Waals surface area contributed by atoms with Crippen molar-refractivity contribution in [1.29, 1.82) is 0 Å². The summed E-state index contributed by atoms with van der Waals surface area (Å²) in [4.78, 5) is 4.73. The van der Waals surface area contributed by atoms with Gasteiger partial charge in [0.15, 0.2) is 0 Å². The minimum absolute atomic E-state index is 0.242. The standard InChI is InChI=1S/C17H34N2O2/c1-3-17(21)16-6-4-5-9-19(16)13-15(20)12-18-10-7-14(2)8-11-18/h14-17,20-21H,3-13H2,1-2H3/t15-,16+,17+/m1/s1. The van der Waals surface area contributed by atoms with E-state index in [4.69, 9.17) is 0 Å². The Morgan fingerprint density at radius 3 is 2.38 bits per heavy atom. The van der Waals surface area contributed by atoms with E-state index in [1.807, 2.05) is 6.92 Å². The monoisotopic (exact) mass is 298 g/mol. The van der Waals surface area contributed by atoms with Crippen molar-refractivity contribution in [2.24, 2.45) is 5.92 Å². The first-order valence-electron chi connectivity index (χ1n) is 8.92. The van der Waals surface area contributed by atoms with Crippen molar-refractivity contribution in [3.63, 3.8) is 0 Å². The maximum atomic E-state index is 10.4. The molecular weight excluding hydrogens is 264 g/mol. The lowest BCUT2D eigenvalue weighted by Crippen LogP contribution is -2.51. The molecule has 0 saturated carbocycles. The number of aliphatic hydroxyl groups is 2. The predicted octanol–water partition coefficient (Wildman–Crippen LogP) is 1.70. The first kappa shape index (κ1) is 17.2. The summed E-state index contributed by atoms with van der Waals surface area (Å²) in [6.45, 7) is 9.14. The summed E-state index contributed by atoms with van der Waals surface area (Å²) in [6, 6.07) is 0.250. The van der Waals surface area contributed by atoms with Crippen LogP contribution in [0.2, 0.25) is 0 Å². The third-order valence-electron chi connectivity index (χ3n) is 5.32. The van der Waals surface area contributed by atoms with Crippen LogP contribution in [0.3, 0.4) is 0 Å². The zero-order valence-corrected chi connectivity index (χ0v) is 13.9. The summed E-state index contributed by atoms with van der Waals surface area (Å²) >= 11 is 0. The van der Waals surface area contributed by atoms with E-state index in [0.29, 0.717) is 6.54 Å². The van der Waals surface area contributed by atoms with Gasteiger partial charge in [0.05, 0.1) is 12.2 Å². The van der Waals surface area contributed by atoms with Crippen LogP contribution in [0.4, 0.5) is 0 Å². The fraction of sp³-hybridized carbons (Fsp3) is 1.00. The van der Waals surface area contributed by atoms with Gasteiger partial charge in [0.2, 0.25) is 0 Å². The summed E-state index contributed by atoms with van der Waals surface area (Å²) in [5.41, 5.74) is 0. The molecule has 2 fully saturated rings. The average molecular weight is 298 g/mol. The van der Waals surface area contributed by atoms with Gasteiger partial charge < -0.3 is 15.1 Å². The molecule has 4 heteroatoms. The molecule has 2 rings (SSSR count). The maximum absolute atomic E-state index is 10.4. The van der Waals surface area contributed by atoms with E-state index in [9.17, 15) is 10.2 Å². The molecular formula is C17H34N2O2. The van der Waals surface area contributed by atoms with E-state index in [1.165, 1.54) is 25.7 Å². The van der Waals surface area contributed by atoms with Gasteiger partial charge in [-0.25, -0.2) is 0 Å². The van der Waals surface area contributed by atoms with Crippen LogP contribution in [0, 0.1) is 5.92 Å². The number of hydrogen-bond acceptors (Lipinski definition) is 4. The molecule has 0 unspecified atom stereocenters. The zero-order chi connectivity index (χ0) is 15.2. The molecule has 2 N–H and O–H groups in total. The topological polar surface area (TPSA) is 46.9 Å². The van der Waals surface area contributed by atoms with Crippen LogP contribution in [-0.2, 0) is 0 Å². The van der Waals surface area contributed by atoms with Gasteiger partial charge in [-0.1, -0.05) is 20.3 Å². The maximum Gasteiger partial charge on any atom is 0.0793 e. The van der Waals surface area contributed by atoms with E-state index < -0.39 is 0 Å². The Bertz CT molecular complexity index is 293. The molecule has 21 heavy (non-hydrogen) atoms. The van der Waals surface area contributed by atoms with Gasteiger partial charge in [0, 0.05) is 19.1 Å². The third-order valence-corrected chi connectivity index (χ3v) is 5.32. The molecule has 0 aromatic rings. The van der Waals surface area contributed by atoms with Crippen LogP contribution < -0.4 is 0 Å². The summed E-state index contributed by atoms with van der Waals surface area (Å²) in [5, 5.41) is 20.6. The van der Waals surface area contributed by atoms with E-state index in [2.05, 4.69) is 16.7 Å². The molecule has 0 radical (unpaired) electrons. The number of aliphatic hydroxyl groups excluding tert-OH is 2. The second-order valence-corrected chi connectivity index (χ2v) is 7.17. The van der Waals surface area contributed by atoms with Gasteiger partial charge in [-0.2, -0.15) is 0 Å². The Balaban J connectivity index is 1.78. The van der Waals surface area contributed by atoms with Crippen molar-refractivity contribution in [3.8, 4) is 0 Å². The lowest BCUT2D eigenvalue weighted by Gasteiger charge is -2.40. The van der Waals surface area contributed by atoms with Gasteiger partial charge in [-0.15, -0.1) is 0 Å². The highest BCUT2D eigenvalue weighted by atomic mass is 16.3. The first-order valence-corrected chi connectivity index (χ1v) is 8.92. The van der Waals surface area contributed by atoms with Crippen molar-refractivity contribution in [1.82, 2.24) is 9.80 Å². The molecule has 2 aliphatic rings. The van der Waals surface area contributed by atoms with Gasteiger partial charge in [0.1, 0.15) is 0 Å². The van der Waals surface area contributed by atoms with Crippen LogP contribution in [0.1, 0.15) is 52.4 Å². The number of likely N-dealkylation sites (tertiary alicyclic amines) is 2. The fourth-order valence-corrected chi connectivity index (χ4v) is 3.82. The normalized spacial score (nSPS) is 29.4. The van der Waals surface area contributed by atoms with Crippen molar-refractivity contribution in [2.75, 3.05) is 32.7 Å². The molecule has 0 aliphatic carbocycles. The van der Waals surface area contributed by atoms with E-state index in [0.717, 1.165) is 44.9 Å². The van der Waals surface area contributed by atoms with Crippen LogP contribution in [0.15, 0.2) is 0 Å². The summed E-state index contributed by atoms with van der Waals surface area (Å²) in [7, 11) is 0. The SMILES string of the molecule is CC[C@H](O)[C@@H]1CCCCN1C[C@H](O)CN1CCC(C)CC1. The van der Waals surface area contributed by atoms with Crippen LogP contribution in [-0.4, -0.2) is 71.0 Å². The van der Waals surface area contributed by atoms with Crippen molar-refractivity contribution in [2.45, 2.75) is 70.6 Å². The Morgan fingerprint density at radius 2 is 1.71 bits per heavy atom. The van der Waals surface area contributed by atoms with Gasteiger partial charge >= 0.3 is 0 Å². The minimum Gasteiger partial charge on any atom is -0.392 e. The highest BCUT2D eigenvalue weighted by Crippen LogP contribution is 2.22. The Kier molecular flexibility index (Phi) is 6.93. The van der Waals surface area contributed by atoms with Gasteiger partial charge in [-0.3, -0.25) is 4.90 Å². The van der Waals surface area contributed by atoms with E-state index in [1.54, 1.807) is 0 Å². The molecule has 0 aromatic carbocycles. The molecule has 2 saturated heterocycles. The number of nitrogens with zero attached hydrogens (tertiary/aromatic N) is 2. The van der Waals surface area contributed by atoms with Crippen molar-refractivity contribution >= 4 is 0 Å². The van der Waals surface area contributed by atoms with Crippen molar-refractivity contribution in [3.05, 3.63) is 0 Å². The van der Waals surface area contributed by atoms with Gasteiger partial charge in [-0.05, 0) is 57.7 Å². The highest BCUT2D eigenvalue weighted by molar-refractivity contribution is 4.84. The number of β-amino-alcohol motifs (C(OH)–C–C–N with tert-alkyl or cyclic N) is 1. The summed E-state index contributed by atoms with van der Waals surface area (Å²) in [5.74, 6) is 0.838. The van der Waals surface area contributed by atoms with Crippen LogP contribution in [0.5, 0.6) is 0 Å². The third kappa shape index (κ3) is 5.20. The lowest BCUT2D eigenvalue weighted by atomic mass is 9.95. The number of rotatable bonds is 6. The number of hydrogen-bond donors (Lipinski definition) is 2. The average Bonchev–Trinajstić information content (AvgIpc) is 2.49. The first-order chi connectivity index (χ1) is 10.1. The molecule has 124 valence electrons. The quantitative estimate of drug-likeness (QED) is 0.783. The molecule has 0 aromatic heterocycles. The largest absolute Gasteiger partial charge is 0.392 e. The molecule has 0 amide bonds. The molecule has 0 bridgehead atoms.